The van der Waals surface area contributed by atoms with Crippen LogP contribution in [0.2, 0.25) is 0 Å². The zero-order valence-electron chi connectivity index (χ0n) is 16.7. The van der Waals surface area contributed by atoms with Crippen LogP contribution in [0.25, 0.3) is 16.7 Å². The Balaban J connectivity index is 1.23. The Bertz CT molecular complexity index is 1120. The average Bonchev–Trinajstić information content (AvgIpc) is 3.44. The van der Waals surface area contributed by atoms with Crippen molar-refractivity contribution in [2.45, 2.75) is 19.4 Å². The number of hydrogen-bond donors (Lipinski definition) is 2. The molecule has 1 saturated heterocycles. The first kappa shape index (κ1) is 18.6. The van der Waals surface area contributed by atoms with Crippen molar-refractivity contribution < 1.29 is 4.79 Å². The summed E-state index contributed by atoms with van der Waals surface area (Å²) in [4.78, 5) is 23.3. The summed E-state index contributed by atoms with van der Waals surface area (Å²) in [5, 5.41) is 7.34. The Hall–Kier alpha value is -3.45. The molecule has 1 aliphatic heterocycles. The van der Waals surface area contributed by atoms with E-state index in [1.807, 2.05) is 60.8 Å². The molecule has 2 aromatic carbocycles. The average molecular weight is 400 g/mol. The van der Waals surface area contributed by atoms with Crippen molar-refractivity contribution in [2.24, 2.45) is 5.92 Å². The van der Waals surface area contributed by atoms with Crippen LogP contribution in [0.1, 0.15) is 18.7 Å². The number of nitrogens with one attached hydrogen (secondary N) is 2. The molecule has 0 unspecified atom stereocenters. The van der Waals surface area contributed by atoms with Gasteiger partial charge in [-0.05, 0) is 55.8 Å². The van der Waals surface area contributed by atoms with E-state index in [-0.39, 0.29) is 11.8 Å². The van der Waals surface area contributed by atoms with E-state index in [1.165, 1.54) is 0 Å². The minimum Gasteiger partial charge on any atom is -0.341 e. The van der Waals surface area contributed by atoms with E-state index in [2.05, 4.69) is 25.3 Å². The molecule has 7 nitrogen and oxygen atoms in total. The number of fused-ring (bicyclic) bond motifs is 1. The standard InChI is InChI=1S/C23H24N6O/c30-23(25-18-7-3-8-19(14-18)29-13-5-11-24-29)17-6-4-12-28(15-17)16-22-26-20-9-1-2-10-21(20)27-22/h1-3,5,7-11,13-14,17H,4,6,12,15-16H2,(H,25,30)(H,26,27)/t17-/m0/s1. The van der Waals surface area contributed by atoms with Crippen molar-refractivity contribution >= 4 is 22.6 Å². The number of H-pyrrole nitrogens is 1. The molecule has 7 heteroatoms. The second-order valence-electron chi connectivity index (χ2n) is 7.77. The maximum absolute atomic E-state index is 12.9. The highest BCUT2D eigenvalue weighted by Gasteiger charge is 2.26. The number of hydrogen-bond acceptors (Lipinski definition) is 4. The molecule has 4 aromatic rings. The SMILES string of the molecule is O=C(Nc1cccc(-n2cccn2)c1)[C@H]1CCCN(Cc2nc3ccccc3[nH]2)C1. The monoisotopic (exact) mass is 400 g/mol. The van der Waals surface area contributed by atoms with Crippen molar-refractivity contribution in [3.05, 3.63) is 72.8 Å². The van der Waals surface area contributed by atoms with Crippen LogP contribution in [0.3, 0.4) is 0 Å². The summed E-state index contributed by atoms with van der Waals surface area (Å²) in [5.41, 5.74) is 3.75. The number of anilines is 1. The molecular formula is C23H24N6O. The van der Waals surface area contributed by atoms with E-state index in [9.17, 15) is 4.79 Å². The van der Waals surface area contributed by atoms with Crippen molar-refractivity contribution in [3.63, 3.8) is 0 Å². The Labute approximate surface area is 174 Å². The lowest BCUT2D eigenvalue weighted by molar-refractivity contribution is -0.121. The third kappa shape index (κ3) is 3.97. The summed E-state index contributed by atoms with van der Waals surface area (Å²) in [6, 6.07) is 17.7. The van der Waals surface area contributed by atoms with Crippen LogP contribution in [0.15, 0.2) is 67.0 Å². The quantitative estimate of drug-likeness (QED) is 0.537. The number of piperidine rings is 1. The predicted octanol–water partition coefficient (Wildman–Crippen LogP) is 3.60. The van der Waals surface area contributed by atoms with Gasteiger partial charge >= 0.3 is 0 Å². The van der Waals surface area contributed by atoms with Gasteiger partial charge in [0, 0.05) is 24.6 Å². The third-order valence-corrected chi connectivity index (χ3v) is 5.57. The molecule has 5 rings (SSSR count). The maximum Gasteiger partial charge on any atom is 0.228 e. The Morgan fingerprint density at radius 1 is 1.17 bits per heavy atom. The van der Waals surface area contributed by atoms with Crippen LogP contribution in [0.5, 0.6) is 0 Å². The molecule has 1 amide bonds. The second-order valence-corrected chi connectivity index (χ2v) is 7.77. The summed E-state index contributed by atoms with van der Waals surface area (Å²) in [6.07, 6.45) is 5.54. The van der Waals surface area contributed by atoms with Gasteiger partial charge in [0.2, 0.25) is 5.91 Å². The number of amides is 1. The lowest BCUT2D eigenvalue weighted by Crippen LogP contribution is -2.40. The lowest BCUT2D eigenvalue weighted by Gasteiger charge is -2.31. The number of para-hydroxylation sites is 2. The van der Waals surface area contributed by atoms with Gasteiger partial charge in [-0.3, -0.25) is 9.69 Å². The highest BCUT2D eigenvalue weighted by atomic mass is 16.1. The van der Waals surface area contributed by atoms with Crippen LogP contribution < -0.4 is 5.32 Å². The summed E-state index contributed by atoms with van der Waals surface area (Å²) in [6.45, 7) is 2.45. The Kier molecular flexibility index (Phi) is 5.03. The van der Waals surface area contributed by atoms with Crippen molar-refractivity contribution in [1.82, 2.24) is 24.6 Å². The fourth-order valence-corrected chi connectivity index (χ4v) is 4.10. The van der Waals surface area contributed by atoms with Crippen molar-refractivity contribution in [1.29, 1.82) is 0 Å². The van der Waals surface area contributed by atoms with Gasteiger partial charge in [0.1, 0.15) is 5.82 Å². The molecular weight excluding hydrogens is 376 g/mol. The van der Waals surface area contributed by atoms with Crippen LogP contribution in [-0.2, 0) is 11.3 Å². The first-order valence-corrected chi connectivity index (χ1v) is 10.3. The van der Waals surface area contributed by atoms with Gasteiger partial charge in [0.15, 0.2) is 0 Å². The second kappa shape index (κ2) is 8.12. The molecule has 0 aliphatic carbocycles. The number of aromatic amines is 1. The molecule has 30 heavy (non-hydrogen) atoms. The van der Waals surface area contributed by atoms with Crippen LogP contribution in [0, 0.1) is 5.92 Å². The van der Waals surface area contributed by atoms with Crippen LogP contribution in [0.4, 0.5) is 5.69 Å². The molecule has 1 aliphatic rings. The Morgan fingerprint density at radius 3 is 2.97 bits per heavy atom. The number of likely N-dealkylation sites (tertiary alicyclic amines) is 1. The molecule has 0 spiro atoms. The van der Waals surface area contributed by atoms with E-state index in [1.54, 1.807) is 10.9 Å². The highest BCUT2D eigenvalue weighted by Crippen LogP contribution is 2.22. The largest absolute Gasteiger partial charge is 0.341 e. The molecule has 2 N–H and O–H groups in total. The first-order chi connectivity index (χ1) is 14.7. The molecule has 0 bridgehead atoms. The van der Waals surface area contributed by atoms with E-state index in [4.69, 9.17) is 0 Å². The number of nitrogens with zero attached hydrogens (tertiary/aromatic N) is 4. The van der Waals surface area contributed by atoms with Crippen LogP contribution >= 0.6 is 0 Å². The predicted molar refractivity (Wildman–Crippen MR) is 116 cm³/mol. The summed E-state index contributed by atoms with van der Waals surface area (Å²) in [7, 11) is 0. The number of rotatable bonds is 5. The first-order valence-electron chi connectivity index (χ1n) is 10.3. The van der Waals surface area contributed by atoms with Crippen LogP contribution in [-0.4, -0.2) is 43.6 Å². The molecule has 0 radical (unpaired) electrons. The van der Waals surface area contributed by atoms with Crippen molar-refractivity contribution in [2.75, 3.05) is 18.4 Å². The summed E-state index contributed by atoms with van der Waals surface area (Å²) in [5.74, 6) is 0.989. The lowest BCUT2D eigenvalue weighted by atomic mass is 9.97. The van der Waals surface area contributed by atoms with E-state index < -0.39 is 0 Å². The molecule has 2 aromatic heterocycles. The number of aromatic nitrogens is 4. The number of carbonyl (C=O) groups excluding carboxylic acids is 1. The van der Waals surface area contributed by atoms with Gasteiger partial charge in [-0.1, -0.05) is 18.2 Å². The fraction of sp³-hybridized carbons (Fsp3) is 0.261. The van der Waals surface area contributed by atoms with E-state index in [0.29, 0.717) is 0 Å². The fourth-order valence-electron chi connectivity index (χ4n) is 4.10. The van der Waals surface area contributed by atoms with Gasteiger partial charge in [0.05, 0.1) is 29.2 Å². The van der Waals surface area contributed by atoms with E-state index >= 15 is 0 Å². The minimum atomic E-state index is -0.0310. The summed E-state index contributed by atoms with van der Waals surface area (Å²) >= 11 is 0. The van der Waals surface area contributed by atoms with Gasteiger partial charge in [-0.15, -0.1) is 0 Å². The third-order valence-electron chi connectivity index (χ3n) is 5.57. The zero-order valence-corrected chi connectivity index (χ0v) is 16.7. The molecule has 152 valence electrons. The topological polar surface area (TPSA) is 78.8 Å². The van der Waals surface area contributed by atoms with Crippen molar-refractivity contribution in [3.8, 4) is 5.69 Å². The minimum absolute atomic E-state index is 0.0310. The summed E-state index contributed by atoms with van der Waals surface area (Å²) < 4.78 is 1.78. The van der Waals surface area contributed by atoms with Gasteiger partial charge in [-0.2, -0.15) is 5.10 Å². The smallest absolute Gasteiger partial charge is 0.228 e. The highest BCUT2D eigenvalue weighted by molar-refractivity contribution is 5.93. The van der Waals surface area contributed by atoms with Gasteiger partial charge in [-0.25, -0.2) is 9.67 Å². The normalized spacial score (nSPS) is 17.3. The molecule has 3 heterocycles. The number of imidazole rings is 1. The van der Waals surface area contributed by atoms with Gasteiger partial charge < -0.3 is 10.3 Å². The maximum atomic E-state index is 12.9. The van der Waals surface area contributed by atoms with Gasteiger partial charge in [0.25, 0.3) is 0 Å². The number of carbonyl (C=O) groups is 1. The number of benzene rings is 2. The molecule has 1 atom stereocenters. The Morgan fingerprint density at radius 2 is 2.10 bits per heavy atom. The molecule has 1 fully saturated rings. The van der Waals surface area contributed by atoms with E-state index in [0.717, 1.165) is 60.7 Å². The zero-order chi connectivity index (χ0) is 20.3. The molecule has 0 saturated carbocycles.